The molecule has 1 unspecified atom stereocenters. The highest BCUT2D eigenvalue weighted by atomic mass is 16.5. The van der Waals surface area contributed by atoms with Crippen molar-refractivity contribution in [3.63, 3.8) is 0 Å². The van der Waals surface area contributed by atoms with Crippen LogP contribution in [0.25, 0.3) is 0 Å². The average Bonchev–Trinajstić information content (AvgIpc) is 2.53. The van der Waals surface area contributed by atoms with Gasteiger partial charge < -0.3 is 15.0 Å². The molecular formula is C19H28N2O3. The Balaban J connectivity index is 2.07. The molecule has 0 aliphatic carbocycles. The second-order valence-electron chi connectivity index (χ2n) is 7.53. The Kier molecular flexibility index (Phi) is 5.52. The largest absolute Gasteiger partial charge is 0.495 e. The highest BCUT2D eigenvalue weighted by Gasteiger charge is 2.33. The molecule has 1 aromatic rings. The first-order valence-electron chi connectivity index (χ1n) is 8.47. The van der Waals surface area contributed by atoms with E-state index < -0.39 is 5.41 Å². The van der Waals surface area contributed by atoms with E-state index in [0.29, 0.717) is 18.0 Å². The lowest BCUT2D eigenvalue weighted by Gasteiger charge is -2.36. The minimum atomic E-state index is -0.419. The van der Waals surface area contributed by atoms with Gasteiger partial charge in [0.25, 0.3) is 0 Å². The van der Waals surface area contributed by atoms with Crippen LogP contribution < -0.4 is 10.1 Å². The van der Waals surface area contributed by atoms with Crippen molar-refractivity contribution in [1.29, 1.82) is 0 Å². The number of carbonyl (C=O) groups is 2. The summed E-state index contributed by atoms with van der Waals surface area (Å²) in [6, 6.07) is 5.69. The Bertz CT molecular complexity index is 620. The standard InChI is InChI=1S/C19H28N2O3/c1-13-8-9-16(24-5)15(11-13)20-17(22)14-7-6-10-21(12-14)18(23)19(2,3)4/h8-9,11,14H,6-7,10,12H2,1-5H3,(H,20,22). The molecule has 0 aromatic heterocycles. The number of anilines is 1. The molecule has 132 valence electrons. The maximum Gasteiger partial charge on any atom is 0.229 e. The molecule has 5 heteroatoms. The molecule has 5 nitrogen and oxygen atoms in total. The van der Waals surface area contributed by atoms with Gasteiger partial charge in [-0.25, -0.2) is 0 Å². The number of benzene rings is 1. The first-order chi connectivity index (χ1) is 11.2. The maximum atomic E-state index is 12.7. The number of nitrogens with one attached hydrogen (secondary N) is 1. The average molecular weight is 332 g/mol. The molecule has 1 aliphatic rings. The van der Waals surface area contributed by atoms with E-state index in [2.05, 4.69) is 5.32 Å². The molecule has 1 aromatic carbocycles. The van der Waals surface area contributed by atoms with Crippen molar-refractivity contribution >= 4 is 17.5 Å². The second kappa shape index (κ2) is 7.24. The zero-order chi connectivity index (χ0) is 17.9. The number of hydrogen-bond acceptors (Lipinski definition) is 3. The molecule has 1 aliphatic heterocycles. The van der Waals surface area contributed by atoms with Crippen molar-refractivity contribution in [1.82, 2.24) is 4.90 Å². The Morgan fingerprint density at radius 3 is 2.62 bits per heavy atom. The molecule has 1 N–H and O–H groups in total. The minimum absolute atomic E-state index is 0.0506. The van der Waals surface area contributed by atoms with E-state index in [1.165, 1.54) is 0 Å². The van der Waals surface area contributed by atoms with E-state index in [0.717, 1.165) is 24.9 Å². The molecule has 24 heavy (non-hydrogen) atoms. The van der Waals surface area contributed by atoms with Gasteiger partial charge >= 0.3 is 0 Å². The molecule has 1 fully saturated rings. The van der Waals surface area contributed by atoms with E-state index >= 15 is 0 Å². The van der Waals surface area contributed by atoms with Crippen LogP contribution in [0.5, 0.6) is 5.75 Å². The lowest BCUT2D eigenvalue weighted by Crippen LogP contribution is -2.47. The van der Waals surface area contributed by atoms with E-state index in [1.807, 2.05) is 50.8 Å². The van der Waals surface area contributed by atoms with Gasteiger partial charge in [-0.2, -0.15) is 0 Å². The quantitative estimate of drug-likeness (QED) is 0.924. The summed E-state index contributed by atoms with van der Waals surface area (Å²) in [5, 5.41) is 2.97. The number of likely N-dealkylation sites (tertiary alicyclic amines) is 1. The van der Waals surface area contributed by atoms with E-state index in [-0.39, 0.29) is 17.7 Å². The SMILES string of the molecule is COc1ccc(C)cc1NC(=O)C1CCCN(C(=O)C(C)(C)C)C1. The fourth-order valence-electron chi connectivity index (χ4n) is 3.00. The number of amides is 2. The van der Waals surface area contributed by atoms with Crippen molar-refractivity contribution in [2.24, 2.45) is 11.3 Å². The summed E-state index contributed by atoms with van der Waals surface area (Å²) in [5.74, 6) is 0.515. The Hall–Kier alpha value is -2.04. The molecular weight excluding hydrogens is 304 g/mol. The van der Waals surface area contributed by atoms with Crippen LogP contribution in [0.4, 0.5) is 5.69 Å². The number of hydrogen-bond donors (Lipinski definition) is 1. The van der Waals surface area contributed by atoms with Gasteiger partial charge in [0.15, 0.2) is 0 Å². The van der Waals surface area contributed by atoms with Crippen LogP contribution in [0.1, 0.15) is 39.2 Å². The van der Waals surface area contributed by atoms with Crippen molar-refractivity contribution in [3.8, 4) is 5.75 Å². The van der Waals surface area contributed by atoms with Crippen molar-refractivity contribution in [2.45, 2.75) is 40.5 Å². The first kappa shape index (κ1) is 18.3. The fraction of sp³-hybridized carbons (Fsp3) is 0.579. The number of ether oxygens (including phenoxy) is 1. The van der Waals surface area contributed by atoms with Gasteiger partial charge in [-0.3, -0.25) is 9.59 Å². The predicted octanol–water partition coefficient (Wildman–Crippen LogP) is 3.23. The van der Waals surface area contributed by atoms with Crippen molar-refractivity contribution < 1.29 is 14.3 Å². The van der Waals surface area contributed by atoms with Crippen LogP contribution in [0.2, 0.25) is 0 Å². The second-order valence-corrected chi connectivity index (χ2v) is 7.53. The Labute approximate surface area is 144 Å². The number of methoxy groups -OCH3 is 1. The van der Waals surface area contributed by atoms with Gasteiger partial charge in [-0.15, -0.1) is 0 Å². The lowest BCUT2D eigenvalue weighted by atomic mass is 9.91. The smallest absolute Gasteiger partial charge is 0.229 e. The van der Waals surface area contributed by atoms with E-state index in [9.17, 15) is 9.59 Å². The van der Waals surface area contributed by atoms with Crippen molar-refractivity contribution in [3.05, 3.63) is 23.8 Å². The molecule has 1 heterocycles. The third-order valence-electron chi connectivity index (χ3n) is 4.33. The summed E-state index contributed by atoms with van der Waals surface area (Å²) in [5.41, 5.74) is 1.32. The summed E-state index contributed by atoms with van der Waals surface area (Å²) in [7, 11) is 1.59. The summed E-state index contributed by atoms with van der Waals surface area (Å²) in [6.45, 7) is 8.92. The Morgan fingerprint density at radius 1 is 1.29 bits per heavy atom. The lowest BCUT2D eigenvalue weighted by molar-refractivity contribution is -0.142. The number of aryl methyl sites for hydroxylation is 1. The summed E-state index contributed by atoms with van der Waals surface area (Å²) >= 11 is 0. The third-order valence-corrected chi connectivity index (χ3v) is 4.33. The van der Waals surface area contributed by atoms with Crippen LogP contribution in [-0.4, -0.2) is 36.9 Å². The van der Waals surface area contributed by atoms with E-state index in [1.54, 1.807) is 7.11 Å². The van der Waals surface area contributed by atoms with Crippen LogP contribution in [0.15, 0.2) is 18.2 Å². The highest BCUT2D eigenvalue weighted by Crippen LogP contribution is 2.28. The molecule has 0 radical (unpaired) electrons. The summed E-state index contributed by atoms with van der Waals surface area (Å²) in [6.07, 6.45) is 1.65. The van der Waals surface area contributed by atoms with Gasteiger partial charge in [0.1, 0.15) is 5.75 Å². The van der Waals surface area contributed by atoms with Gasteiger partial charge in [0.05, 0.1) is 18.7 Å². The maximum absolute atomic E-state index is 12.7. The molecule has 0 spiro atoms. The van der Waals surface area contributed by atoms with Crippen LogP contribution in [-0.2, 0) is 9.59 Å². The van der Waals surface area contributed by atoms with Gasteiger partial charge in [0.2, 0.25) is 11.8 Å². The van der Waals surface area contributed by atoms with E-state index in [4.69, 9.17) is 4.74 Å². The minimum Gasteiger partial charge on any atom is -0.495 e. The van der Waals surface area contributed by atoms with Gasteiger partial charge in [-0.05, 0) is 37.5 Å². The summed E-state index contributed by atoms with van der Waals surface area (Å²) < 4.78 is 5.31. The molecule has 1 atom stereocenters. The molecule has 0 bridgehead atoms. The first-order valence-corrected chi connectivity index (χ1v) is 8.47. The fourth-order valence-corrected chi connectivity index (χ4v) is 3.00. The molecule has 1 saturated heterocycles. The predicted molar refractivity (Wildman–Crippen MR) is 95.1 cm³/mol. The molecule has 0 saturated carbocycles. The van der Waals surface area contributed by atoms with Crippen LogP contribution in [0, 0.1) is 18.3 Å². The molecule has 2 rings (SSSR count). The number of piperidine rings is 1. The third kappa shape index (κ3) is 4.28. The number of nitrogens with zero attached hydrogens (tertiary/aromatic N) is 1. The normalized spacial score (nSPS) is 18.2. The van der Waals surface area contributed by atoms with Crippen LogP contribution in [0.3, 0.4) is 0 Å². The highest BCUT2D eigenvalue weighted by molar-refractivity contribution is 5.94. The van der Waals surface area contributed by atoms with Gasteiger partial charge in [0, 0.05) is 18.5 Å². The van der Waals surface area contributed by atoms with Crippen molar-refractivity contribution in [2.75, 3.05) is 25.5 Å². The number of carbonyl (C=O) groups excluding carboxylic acids is 2. The zero-order valence-electron chi connectivity index (χ0n) is 15.3. The Morgan fingerprint density at radius 2 is 2.00 bits per heavy atom. The summed E-state index contributed by atoms with van der Waals surface area (Å²) in [4.78, 5) is 26.9. The van der Waals surface area contributed by atoms with Gasteiger partial charge in [-0.1, -0.05) is 26.8 Å². The number of rotatable bonds is 3. The van der Waals surface area contributed by atoms with Crippen LogP contribution >= 0.6 is 0 Å². The monoisotopic (exact) mass is 332 g/mol. The molecule has 2 amide bonds. The zero-order valence-corrected chi connectivity index (χ0v) is 15.3. The topological polar surface area (TPSA) is 58.6 Å².